The number of hydrogen-bond donors (Lipinski definition) is 0. The van der Waals surface area contributed by atoms with Crippen molar-refractivity contribution in [3.05, 3.63) is 35.4 Å². The van der Waals surface area contributed by atoms with Gasteiger partial charge in [0.2, 0.25) is 0 Å². The highest BCUT2D eigenvalue weighted by Gasteiger charge is 2.48. The maximum absolute atomic E-state index is 2.59. The molecule has 0 unspecified atom stereocenters. The van der Waals surface area contributed by atoms with Gasteiger partial charge in [0.05, 0.1) is 0 Å². The molecule has 0 saturated heterocycles. The lowest BCUT2D eigenvalue weighted by molar-refractivity contribution is -0.0473. The van der Waals surface area contributed by atoms with E-state index >= 15 is 0 Å². The average Bonchev–Trinajstić information content (AvgIpc) is 2.50. The maximum atomic E-state index is 2.59. The number of nitrogens with zero attached hydrogens (tertiary/aromatic N) is 1. The molecule has 0 aromatic heterocycles. The molecule has 1 aromatic rings. The van der Waals surface area contributed by atoms with E-state index in [0.717, 1.165) is 36.1 Å². The van der Waals surface area contributed by atoms with E-state index in [0.29, 0.717) is 5.92 Å². The fraction of sp³-hybridized carbons (Fsp3) is 0.727. The van der Waals surface area contributed by atoms with Crippen LogP contribution in [0.4, 0.5) is 0 Å². The first-order valence-electron chi connectivity index (χ1n) is 9.86. The molecule has 0 atom stereocenters. The van der Waals surface area contributed by atoms with Gasteiger partial charge in [-0.25, -0.2) is 0 Å². The summed E-state index contributed by atoms with van der Waals surface area (Å²) >= 11 is 0. The van der Waals surface area contributed by atoms with Crippen molar-refractivity contribution in [2.24, 2.45) is 29.6 Å². The van der Waals surface area contributed by atoms with Gasteiger partial charge >= 0.3 is 0 Å². The van der Waals surface area contributed by atoms with Crippen LogP contribution in [0.15, 0.2) is 24.3 Å². The van der Waals surface area contributed by atoms with Crippen molar-refractivity contribution in [3.8, 4) is 0 Å². The molecule has 23 heavy (non-hydrogen) atoms. The van der Waals surface area contributed by atoms with E-state index in [2.05, 4.69) is 50.1 Å². The number of hydrogen-bond acceptors (Lipinski definition) is 1. The lowest BCUT2D eigenvalue weighted by atomic mass is 9.52. The monoisotopic (exact) mass is 311 g/mol. The molecule has 126 valence electrons. The minimum Gasteiger partial charge on any atom is -0.302 e. The van der Waals surface area contributed by atoms with Crippen molar-refractivity contribution >= 4 is 0 Å². The summed E-state index contributed by atoms with van der Waals surface area (Å²) in [6.45, 7) is 6.98. The van der Waals surface area contributed by atoms with Gasteiger partial charge < -0.3 is 4.90 Å². The van der Waals surface area contributed by atoms with E-state index in [1.165, 1.54) is 17.7 Å². The molecule has 0 N–H and O–H groups in total. The Labute approximate surface area is 142 Å². The van der Waals surface area contributed by atoms with Gasteiger partial charge in [0.15, 0.2) is 0 Å². The third-order valence-corrected chi connectivity index (χ3v) is 7.04. The number of benzene rings is 1. The first-order chi connectivity index (χ1) is 11.1. The van der Waals surface area contributed by atoms with E-state index in [9.17, 15) is 0 Å². The second-order valence-electron chi connectivity index (χ2n) is 9.19. The second-order valence-corrected chi connectivity index (χ2v) is 9.19. The van der Waals surface area contributed by atoms with Gasteiger partial charge in [-0.2, -0.15) is 0 Å². The van der Waals surface area contributed by atoms with E-state index in [1.54, 1.807) is 32.1 Å². The molecule has 0 aliphatic heterocycles. The topological polar surface area (TPSA) is 3.24 Å². The lowest BCUT2D eigenvalue weighted by Gasteiger charge is -2.55. The van der Waals surface area contributed by atoms with Crippen LogP contribution < -0.4 is 0 Å². The fourth-order valence-electron chi connectivity index (χ4n) is 6.08. The average molecular weight is 312 g/mol. The molecule has 0 heterocycles. The zero-order chi connectivity index (χ0) is 16.0. The maximum Gasteiger partial charge on any atom is 0.0230 e. The van der Waals surface area contributed by atoms with E-state index in [1.807, 2.05) is 0 Å². The van der Waals surface area contributed by atoms with Gasteiger partial charge in [0.25, 0.3) is 0 Å². The molecular formula is C22H33N. The molecule has 4 fully saturated rings. The summed E-state index contributed by atoms with van der Waals surface area (Å²) in [6.07, 6.45) is 7.77. The third-order valence-electron chi connectivity index (χ3n) is 7.04. The van der Waals surface area contributed by atoms with Crippen molar-refractivity contribution in [1.82, 2.24) is 4.90 Å². The first-order valence-corrected chi connectivity index (χ1v) is 9.86. The summed E-state index contributed by atoms with van der Waals surface area (Å²) in [5.41, 5.74) is 2.93. The Kier molecular flexibility index (Phi) is 4.26. The third kappa shape index (κ3) is 3.22. The highest BCUT2D eigenvalue weighted by atomic mass is 15.1. The molecule has 4 aliphatic rings. The Morgan fingerprint density at radius 3 is 2.00 bits per heavy atom. The Bertz CT molecular complexity index is 501. The standard InChI is InChI=1S/C22H33N/c1-15(2)19-6-4-16(5-7-19)13-23(3)14-22-20-9-17-8-18(11-20)12-21(22)10-17/h4-7,15,17-18,20-22H,8-14H2,1-3H3. The van der Waals surface area contributed by atoms with Crippen LogP contribution in [-0.4, -0.2) is 18.5 Å². The zero-order valence-electron chi connectivity index (χ0n) is 15.2. The van der Waals surface area contributed by atoms with Crippen LogP contribution in [0.3, 0.4) is 0 Å². The van der Waals surface area contributed by atoms with E-state index < -0.39 is 0 Å². The molecule has 0 spiro atoms. The van der Waals surface area contributed by atoms with Crippen molar-refractivity contribution < 1.29 is 0 Å². The normalized spacial score (nSPS) is 35.4. The summed E-state index contributed by atoms with van der Waals surface area (Å²) in [7, 11) is 2.33. The summed E-state index contributed by atoms with van der Waals surface area (Å²) in [5, 5.41) is 0. The molecule has 5 rings (SSSR count). The highest BCUT2D eigenvalue weighted by molar-refractivity contribution is 5.24. The van der Waals surface area contributed by atoms with Gasteiger partial charge in [-0.1, -0.05) is 38.1 Å². The number of rotatable bonds is 5. The summed E-state index contributed by atoms with van der Waals surface area (Å²) in [6, 6.07) is 9.30. The van der Waals surface area contributed by atoms with Gasteiger partial charge in [0.1, 0.15) is 0 Å². The van der Waals surface area contributed by atoms with Crippen LogP contribution in [0.2, 0.25) is 0 Å². The Morgan fingerprint density at radius 1 is 0.913 bits per heavy atom. The predicted octanol–water partition coefficient (Wildman–Crippen LogP) is 5.31. The molecule has 4 saturated carbocycles. The van der Waals surface area contributed by atoms with Gasteiger partial charge in [-0.3, -0.25) is 0 Å². The zero-order valence-corrected chi connectivity index (χ0v) is 15.2. The van der Waals surface area contributed by atoms with Crippen LogP contribution in [0, 0.1) is 29.6 Å². The van der Waals surface area contributed by atoms with Crippen LogP contribution in [0.5, 0.6) is 0 Å². The van der Waals surface area contributed by atoms with Crippen LogP contribution >= 0.6 is 0 Å². The van der Waals surface area contributed by atoms with Crippen molar-refractivity contribution in [3.63, 3.8) is 0 Å². The minimum absolute atomic E-state index is 0.634. The first kappa shape index (κ1) is 15.7. The molecule has 1 aromatic carbocycles. The molecule has 1 heteroatoms. The quantitative estimate of drug-likeness (QED) is 0.712. The van der Waals surface area contributed by atoms with Crippen molar-refractivity contribution in [1.29, 1.82) is 0 Å². The Balaban J connectivity index is 1.36. The Morgan fingerprint density at radius 2 is 1.48 bits per heavy atom. The van der Waals surface area contributed by atoms with Crippen molar-refractivity contribution in [2.75, 3.05) is 13.6 Å². The van der Waals surface area contributed by atoms with Crippen LogP contribution in [0.25, 0.3) is 0 Å². The minimum atomic E-state index is 0.634. The highest BCUT2D eigenvalue weighted by Crippen LogP contribution is 2.56. The van der Waals surface area contributed by atoms with Crippen LogP contribution in [0.1, 0.15) is 63.0 Å². The van der Waals surface area contributed by atoms with E-state index in [4.69, 9.17) is 0 Å². The van der Waals surface area contributed by atoms with E-state index in [-0.39, 0.29) is 0 Å². The largest absolute Gasteiger partial charge is 0.302 e. The summed E-state index contributed by atoms with van der Waals surface area (Å²) in [5.74, 6) is 5.93. The molecular weight excluding hydrogens is 278 g/mol. The van der Waals surface area contributed by atoms with Gasteiger partial charge in [0, 0.05) is 13.1 Å². The van der Waals surface area contributed by atoms with Gasteiger partial charge in [-0.05, 0) is 85.8 Å². The fourth-order valence-corrected chi connectivity index (χ4v) is 6.08. The molecule has 1 nitrogen and oxygen atoms in total. The van der Waals surface area contributed by atoms with Crippen molar-refractivity contribution in [2.45, 2.75) is 58.4 Å². The summed E-state index contributed by atoms with van der Waals surface area (Å²) < 4.78 is 0. The lowest BCUT2D eigenvalue weighted by Crippen LogP contribution is -2.48. The molecule has 4 bridgehead atoms. The van der Waals surface area contributed by atoms with Crippen LogP contribution in [-0.2, 0) is 6.54 Å². The second kappa shape index (κ2) is 6.24. The predicted molar refractivity (Wildman–Crippen MR) is 97.4 cm³/mol. The summed E-state index contributed by atoms with van der Waals surface area (Å²) in [4.78, 5) is 2.59. The molecule has 0 amide bonds. The molecule has 4 aliphatic carbocycles. The molecule has 0 radical (unpaired) electrons. The Hall–Kier alpha value is -0.820. The van der Waals surface area contributed by atoms with Gasteiger partial charge in [-0.15, -0.1) is 0 Å². The SMILES string of the molecule is CC(C)c1ccc(CN(C)CC2C3CC4CC(C3)CC2C4)cc1. The smallest absolute Gasteiger partial charge is 0.0230 e.